The highest BCUT2D eigenvalue weighted by atomic mass is 32.2. The van der Waals surface area contributed by atoms with Gasteiger partial charge in [0.2, 0.25) is 0 Å². The number of ether oxygens (including phenoxy) is 1. The molecule has 0 atom stereocenters. The van der Waals surface area contributed by atoms with E-state index in [1.54, 1.807) is 18.2 Å². The van der Waals surface area contributed by atoms with E-state index in [2.05, 4.69) is 0 Å². The van der Waals surface area contributed by atoms with Gasteiger partial charge in [0.1, 0.15) is 22.4 Å². The maximum atomic E-state index is 12.0. The number of hydrogen-bond donors (Lipinski definition) is 0. The van der Waals surface area contributed by atoms with Gasteiger partial charge in [-0.15, -0.1) is 0 Å². The third-order valence-corrected chi connectivity index (χ3v) is 3.94. The first-order valence-electron chi connectivity index (χ1n) is 5.98. The summed E-state index contributed by atoms with van der Waals surface area (Å²) in [4.78, 5) is 24.8. The van der Waals surface area contributed by atoms with Gasteiger partial charge in [-0.1, -0.05) is 24.0 Å². The highest BCUT2D eigenvalue weighted by Gasteiger charge is 2.30. The maximum absolute atomic E-state index is 12.0. The predicted octanol–water partition coefficient (Wildman–Crippen LogP) is 2.56. The molecule has 0 spiro atoms. The fourth-order valence-corrected chi connectivity index (χ4v) is 2.99. The van der Waals surface area contributed by atoms with Crippen molar-refractivity contribution in [3.63, 3.8) is 0 Å². The Morgan fingerprint density at radius 1 is 1.55 bits per heavy atom. The quantitative estimate of drug-likeness (QED) is 0.484. The number of hydrogen-bond acceptors (Lipinski definition) is 6. The molecule has 0 radical (unpaired) electrons. The zero-order valence-electron chi connectivity index (χ0n) is 11.0. The van der Waals surface area contributed by atoms with Crippen LogP contribution in [0.1, 0.15) is 25.4 Å². The number of thioether (sulfide) groups is 1. The van der Waals surface area contributed by atoms with Crippen LogP contribution in [0.5, 0.6) is 0 Å². The van der Waals surface area contributed by atoms with E-state index < -0.39 is 0 Å². The van der Waals surface area contributed by atoms with Crippen LogP contribution in [0.15, 0.2) is 21.5 Å². The van der Waals surface area contributed by atoms with Crippen LogP contribution in [-0.4, -0.2) is 27.6 Å². The predicted molar refractivity (Wildman–Crippen MR) is 79.7 cm³/mol. The minimum Gasteiger partial charge on any atom is -0.458 e. The molecule has 1 fully saturated rings. The van der Waals surface area contributed by atoms with Crippen LogP contribution in [0.4, 0.5) is 0 Å². The average molecular weight is 311 g/mol. The van der Waals surface area contributed by atoms with Crippen molar-refractivity contribution in [2.24, 2.45) is 0 Å². The molecule has 0 N–H and O–H groups in total. The summed E-state index contributed by atoms with van der Waals surface area (Å²) < 4.78 is 10.8. The normalized spacial score (nSPS) is 17.1. The Hall–Kier alpha value is -1.60. The van der Waals surface area contributed by atoms with E-state index in [0.717, 1.165) is 0 Å². The fourth-order valence-electron chi connectivity index (χ4n) is 1.62. The molecule has 106 valence electrons. The zero-order valence-corrected chi connectivity index (χ0v) is 12.7. The van der Waals surface area contributed by atoms with E-state index in [0.29, 0.717) is 27.3 Å². The lowest BCUT2D eigenvalue weighted by Gasteiger charge is -2.09. The second-order valence-electron chi connectivity index (χ2n) is 4.01. The minimum atomic E-state index is -0.369. The lowest BCUT2D eigenvalue weighted by molar-refractivity contribution is -0.142. The van der Waals surface area contributed by atoms with Gasteiger partial charge in [0.25, 0.3) is 5.91 Å². The molecule has 0 unspecified atom stereocenters. The first-order chi connectivity index (χ1) is 9.51. The Labute approximate surface area is 125 Å². The SMILES string of the molecule is CCN1C(=O)/C(=C/c2ccc(COC(C)=O)o2)SC1=S. The van der Waals surface area contributed by atoms with E-state index >= 15 is 0 Å². The smallest absolute Gasteiger partial charge is 0.303 e. The van der Waals surface area contributed by atoms with Gasteiger partial charge in [-0.3, -0.25) is 14.5 Å². The van der Waals surface area contributed by atoms with E-state index in [9.17, 15) is 9.59 Å². The summed E-state index contributed by atoms with van der Waals surface area (Å²) in [6, 6.07) is 3.42. The standard InChI is InChI=1S/C13H13NO4S2/c1-3-14-12(16)11(20-13(14)19)6-9-4-5-10(18-9)7-17-8(2)15/h4-6H,3,7H2,1-2H3/b11-6-. The first-order valence-corrected chi connectivity index (χ1v) is 7.21. The third-order valence-electron chi connectivity index (χ3n) is 2.56. The molecule has 1 amide bonds. The molecular weight excluding hydrogens is 298 g/mol. The summed E-state index contributed by atoms with van der Waals surface area (Å²) in [5.74, 6) is 0.577. The molecule has 0 saturated carbocycles. The highest BCUT2D eigenvalue weighted by Crippen LogP contribution is 2.32. The van der Waals surface area contributed by atoms with Crippen molar-refractivity contribution in [3.05, 3.63) is 28.6 Å². The monoisotopic (exact) mass is 311 g/mol. The molecule has 1 aliphatic heterocycles. The number of nitrogens with zero attached hydrogens (tertiary/aromatic N) is 1. The second kappa shape index (κ2) is 6.23. The van der Waals surface area contributed by atoms with E-state index in [4.69, 9.17) is 21.4 Å². The number of likely N-dealkylation sites (N-methyl/N-ethyl adjacent to an activating group) is 1. The summed E-state index contributed by atoms with van der Waals surface area (Å²) in [7, 11) is 0. The molecular formula is C13H13NO4S2. The molecule has 1 aliphatic rings. The molecule has 0 bridgehead atoms. The summed E-state index contributed by atoms with van der Waals surface area (Å²) in [5, 5.41) is 0. The van der Waals surface area contributed by atoms with Gasteiger partial charge < -0.3 is 9.15 Å². The van der Waals surface area contributed by atoms with Gasteiger partial charge in [0, 0.05) is 19.5 Å². The van der Waals surface area contributed by atoms with Crippen molar-refractivity contribution in [3.8, 4) is 0 Å². The fraction of sp³-hybridized carbons (Fsp3) is 0.308. The van der Waals surface area contributed by atoms with E-state index in [1.807, 2.05) is 6.92 Å². The molecule has 1 aromatic heterocycles. The molecule has 7 heteroatoms. The Balaban J connectivity index is 2.10. The maximum Gasteiger partial charge on any atom is 0.303 e. The zero-order chi connectivity index (χ0) is 14.7. The number of rotatable bonds is 4. The number of esters is 1. The molecule has 0 aromatic carbocycles. The Morgan fingerprint density at radius 3 is 2.90 bits per heavy atom. The lowest BCUT2D eigenvalue weighted by Crippen LogP contribution is -2.27. The number of thiocarbonyl (C=S) groups is 1. The summed E-state index contributed by atoms with van der Waals surface area (Å²) >= 11 is 6.38. The van der Waals surface area contributed by atoms with Crippen LogP contribution < -0.4 is 0 Å². The summed E-state index contributed by atoms with van der Waals surface area (Å²) in [6.07, 6.45) is 1.65. The van der Waals surface area contributed by atoms with Crippen LogP contribution >= 0.6 is 24.0 Å². The Morgan fingerprint density at radius 2 is 2.30 bits per heavy atom. The van der Waals surface area contributed by atoms with E-state index in [-0.39, 0.29) is 18.5 Å². The molecule has 1 saturated heterocycles. The molecule has 2 heterocycles. The van der Waals surface area contributed by atoms with Gasteiger partial charge in [-0.2, -0.15) is 0 Å². The molecule has 5 nitrogen and oxygen atoms in total. The largest absolute Gasteiger partial charge is 0.458 e. The van der Waals surface area contributed by atoms with Crippen molar-refractivity contribution in [2.45, 2.75) is 20.5 Å². The Kier molecular flexibility index (Phi) is 4.61. The van der Waals surface area contributed by atoms with Crippen LogP contribution in [0.25, 0.3) is 6.08 Å². The van der Waals surface area contributed by atoms with Crippen molar-refractivity contribution in [2.75, 3.05) is 6.54 Å². The third kappa shape index (κ3) is 3.29. The van der Waals surface area contributed by atoms with Gasteiger partial charge in [0.15, 0.2) is 0 Å². The topological polar surface area (TPSA) is 59.8 Å². The molecule has 20 heavy (non-hydrogen) atoms. The number of carbonyl (C=O) groups is 2. The van der Waals surface area contributed by atoms with Crippen molar-refractivity contribution >= 4 is 46.3 Å². The highest BCUT2D eigenvalue weighted by molar-refractivity contribution is 8.26. The van der Waals surface area contributed by atoms with Crippen LogP contribution in [0.3, 0.4) is 0 Å². The van der Waals surface area contributed by atoms with E-state index in [1.165, 1.54) is 23.6 Å². The van der Waals surface area contributed by atoms with Crippen LogP contribution in [0, 0.1) is 0 Å². The van der Waals surface area contributed by atoms with Crippen molar-refractivity contribution in [1.29, 1.82) is 0 Å². The summed E-state index contributed by atoms with van der Waals surface area (Å²) in [6.45, 7) is 3.84. The van der Waals surface area contributed by atoms with Gasteiger partial charge in [-0.25, -0.2) is 0 Å². The van der Waals surface area contributed by atoms with Crippen LogP contribution in [0.2, 0.25) is 0 Å². The van der Waals surface area contributed by atoms with Crippen molar-refractivity contribution < 1.29 is 18.7 Å². The second-order valence-corrected chi connectivity index (χ2v) is 5.69. The number of amides is 1. The van der Waals surface area contributed by atoms with Gasteiger partial charge in [0.05, 0.1) is 4.91 Å². The number of furan rings is 1. The average Bonchev–Trinajstić information content (AvgIpc) is 2.93. The number of carbonyl (C=O) groups excluding carboxylic acids is 2. The first kappa shape index (κ1) is 14.8. The molecule has 1 aromatic rings. The van der Waals surface area contributed by atoms with Crippen LogP contribution in [-0.2, 0) is 20.9 Å². The lowest BCUT2D eigenvalue weighted by atomic mass is 10.3. The minimum absolute atomic E-state index is 0.0824. The van der Waals surface area contributed by atoms with Gasteiger partial charge >= 0.3 is 5.97 Å². The molecule has 2 rings (SSSR count). The van der Waals surface area contributed by atoms with Crippen molar-refractivity contribution in [1.82, 2.24) is 4.90 Å². The van der Waals surface area contributed by atoms with Gasteiger partial charge in [-0.05, 0) is 19.1 Å². The Bertz CT molecular complexity index is 591. The molecule has 0 aliphatic carbocycles. The summed E-state index contributed by atoms with van der Waals surface area (Å²) in [5.41, 5.74) is 0.